The second kappa shape index (κ2) is 7.30. The second-order valence-electron chi connectivity index (χ2n) is 6.63. The molecule has 0 bridgehead atoms. The number of carbonyl (C=O) groups excluding carboxylic acids is 1. The molecule has 3 aromatic rings. The summed E-state index contributed by atoms with van der Waals surface area (Å²) in [6.07, 6.45) is 1.69. The van der Waals surface area contributed by atoms with Crippen LogP contribution >= 0.6 is 0 Å². The lowest BCUT2D eigenvalue weighted by Gasteiger charge is -2.17. The Labute approximate surface area is 162 Å². The Kier molecular flexibility index (Phi) is 4.68. The second-order valence-corrected chi connectivity index (χ2v) is 6.63. The average molecular weight is 379 g/mol. The van der Waals surface area contributed by atoms with Crippen LogP contribution in [0.5, 0.6) is 11.5 Å². The van der Waals surface area contributed by atoms with Crippen molar-refractivity contribution in [2.24, 2.45) is 0 Å². The minimum Gasteiger partial charge on any atom is -0.493 e. The van der Waals surface area contributed by atoms with Crippen molar-refractivity contribution in [3.05, 3.63) is 58.9 Å². The van der Waals surface area contributed by atoms with E-state index in [2.05, 4.69) is 20.8 Å². The number of hydrogen-bond acceptors (Lipinski definition) is 6. The number of carbonyl (C=O) groups is 1. The van der Waals surface area contributed by atoms with E-state index in [1.807, 2.05) is 30.3 Å². The maximum Gasteiger partial charge on any atom is 0.253 e. The molecule has 1 aromatic heterocycles. The summed E-state index contributed by atoms with van der Waals surface area (Å²) in [6, 6.07) is 11.1. The molecule has 8 heteroatoms. The summed E-state index contributed by atoms with van der Waals surface area (Å²) in [5, 5.41) is 14.7. The third-order valence-corrected chi connectivity index (χ3v) is 5.03. The van der Waals surface area contributed by atoms with E-state index in [9.17, 15) is 4.79 Å². The first-order valence-corrected chi connectivity index (χ1v) is 9.02. The topological polar surface area (TPSA) is 91.2 Å². The quantitative estimate of drug-likeness (QED) is 0.732. The van der Waals surface area contributed by atoms with E-state index in [0.717, 1.165) is 24.0 Å². The maximum atomic E-state index is 13.1. The number of hydrogen-bond donors (Lipinski definition) is 1. The van der Waals surface area contributed by atoms with E-state index >= 15 is 0 Å². The molecule has 0 saturated heterocycles. The fourth-order valence-corrected chi connectivity index (χ4v) is 3.62. The van der Waals surface area contributed by atoms with Gasteiger partial charge in [0, 0.05) is 0 Å². The first kappa shape index (κ1) is 18.0. The number of amides is 1. The van der Waals surface area contributed by atoms with Gasteiger partial charge in [-0.05, 0) is 65.6 Å². The zero-order chi connectivity index (χ0) is 19.7. The van der Waals surface area contributed by atoms with E-state index in [1.165, 1.54) is 0 Å². The third-order valence-electron chi connectivity index (χ3n) is 5.03. The molecule has 144 valence electrons. The monoisotopic (exact) mass is 379 g/mol. The van der Waals surface area contributed by atoms with Crippen molar-refractivity contribution in [2.45, 2.75) is 25.8 Å². The number of tetrazole rings is 1. The van der Waals surface area contributed by atoms with Crippen LogP contribution in [0.15, 0.2) is 36.4 Å². The highest BCUT2D eigenvalue weighted by atomic mass is 16.5. The van der Waals surface area contributed by atoms with Gasteiger partial charge in [-0.2, -0.15) is 4.68 Å². The number of nitrogens with zero attached hydrogens (tertiary/aromatic N) is 4. The Morgan fingerprint density at radius 3 is 2.64 bits per heavy atom. The molecule has 0 aliphatic heterocycles. The molecule has 1 aliphatic carbocycles. The number of nitrogens with one attached hydrogen (secondary N) is 1. The Bertz CT molecular complexity index is 1030. The highest BCUT2D eigenvalue weighted by molar-refractivity contribution is 5.98. The molecule has 0 radical (unpaired) electrons. The Morgan fingerprint density at radius 1 is 1.18 bits per heavy atom. The van der Waals surface area contributed by atoms with E-state index in [0.29, 0.717) is 28.6 Å². The lowest BCUT2D eigenvalue weighted by atomic mass is 10.1. The van der Waals surface area contributed by atoms with Crippen LogP contribution in [-0.4, -0.2) is 40.3 Å². The standard InChI is InChI=1S/C20H21N5O3/c1-12-22-23-24-25(12)17-7-5-4-6-14(17)20(26)21-16-9-8-13-10-18(27-2)19(28-3)11-15(13)16/h4-7,10-11,16H,8-9H2,1-3H3,(H,21,26)/t16-/m1/s1. The van der Waals surface area contributed by atoms with Gasteiger partial charge < -0.3 is 14.8 Å². The van der Waals surface area contributed by atoms with Crippen LogP contribution in [0.25, 0.3) is 5.69 Å². The number of rotatable bonds is 5. The minimum atomic E-state index is -0.168. The van der Waals surface area contributed by atoms with Crippen molar-refractivity contribution in [3.8, 4) is 17.2 Å². The van der Waals surface area contributed by atoms with Crippen LogP contribution in [0.3, 0.4) is 0 Å². The van der Waals surface area contributed by atoms with Gasteiger partial charge in [-0.15, -0.1) is 5.10 Å². The van der Waals surface area contributed by atoms with Crippen LogP contribution in [0.4, 0.5) is 0 Å². The van der Waals surface area contributed by atoms with Gasteiger partial charge in [0.15, 0.2) is 17.3 Å². The molecule has 1 amide bonds. The van der Waals surface area contributed by atoms with Crippen LogP contribution in [-0.2, 0) is 6.42 Å². The predicted molar refractivity (Wildman–Crippen MR) is 102 cm³/mol. The molecule has 0 unspecified atom stereocenters. The van der Waals surface area contributed by atoms with Gasteiger partial charge in [0.05, 0.1) is 31.5 Å². The molecule has 28 heavy (non-hydrogen) atoms. The van der Waals surface area contributed by atoms with Gasteiger partial charge in [-0.1, -0.05) is 12.1 Å². The number of ether oxygens (including phenoxy) is 2. The summed E-state index contributed by atoms with van der Waals surface area (Å²) in [5.41, 5.74) is 3.38. The van der Waals surface area contributed by atoms with Gasteiger partial charge in [-0.25, -0.2) is 0 Å². The van der Waals surface area contributed by atoms with Crippen LogP contribution in [0.2, 0.25) is 0 Å². The molecular formula is C20H21N5O3. The fourth-order valence-electron chi connectivity index (χ4n) is 3.62. The van der Waals surface area contributed by atoms with Crippen molar-refractivity contribution < 1.29 is 14.3 Å². The summed E-state index contributed by atoms with van der Waals surface area (Å²) in [7, 11) is 3.23. The lowest BCUT2D eigenvalue weighted by molar-refractivity contribution is 0.0936. The third kappa shape index (κ3) is 3.06. The van der Waals surface area contributed by atoms with Gasteiger partial charge in [0.2, 0.25) is 0 Å². The Balaban J connectivity index is 1.63. The van der Waals surface area contributed by atoms with Gasteiger partial charge >= 0.3 is 0 Å². The first-order valence-electron chi connectivity index (χ1n) is 9.02. The molecule has 0 saturated carbocycles. The largest absolute Gasteiger partial charge is 0.493 e. The van der Waals surface area contributed by atoms with Crippen molar-refractivity contribution in [1.82, 2.24) is 25.5 Å². The van der Waals surface area contributed by atoms with Crippen LogP contribution < -0.4 is 14.8 Å². The Hall–Kier alpha value is -3.42. The fraction of sp³-hybridized carbons (Fsp3) is 0.300. The average Bonchev–Trinajstić information content (AvgIpc) is 3.32. The predicted octanol–water partition coefficient (Wildman–Crippen LogP) is 2.41. The molecule has 1 aliphatic rings. The molecule has 2 aromatic carbocycles. The van der Waals surface area contributed by atoms with Crippen molar-refractivity contribution in [2.75, 3.05) is 14.2 Å². The molecule has 0 fully saturated rings. The number of methoxy groups -OCH3 is 2. The highest BCUT2D eigenvalue weighted by Crippen LogP contribution is 2.39. The molecule has 1 N–H and O–H groups in total. The maximum absolute atomic E-state index is 13.1. The molecular weight excluding hydrogens is 358 g/mol. The minimum absolute atomic E-state index is 0.0923. The smallest absolute Gasteiger partial charge is 0.253 e. The summed E-state index contributed by atoms with van der Waals surface area (Å²) >= 11 is 0. The SMILES string of the molecule is COc1cc2c(cc1OC)[C@H](NC(=O)c1ccccc1-n1nnnc1C)CC2. The van der Waals surface area contributed by atoms with Gasteiger partial charge in [0.25, 0.3) is 5.91 Å². The molecule has 1 heterocycles. The summed E-state index contributed by atoms with van der Waals surface area (Å²) in [6.45, 7) is 1.79. The van der Waals surface area contributed by atoms with Crippen LogP contribution in [0.1, 0.15) is 39.8 Å². The molecule has 0 spiro atoms. The zero-order valence-electron chi connectivity index (χ0n) is 16.0. The lowest BCUT2D eigenvalue weighted by Crippen LogP contribution is -2.28. The number of aromatic nitrogens is 4. The molecule has 1 atom stereocenters. The molecule has 8 nitrogen and oxygen atoms in total. The molecule has 4 rings (SSSR count). The number of para-hydroxylation sites is 1. The van der Waals surface area contributed by atoms with Gasteiger partial charge in [0.1, 0.15) is 0 Å². The van der Waals surface area contributed by atoms with E-state index < -0.39 is 0 Å². The summed E-state index contributed by atoms with van der Waals surface area (Å²) < 4.78 is 12.4. The number of aryl methyl sites for hydroxylation is 2. The first-order chi connectivity index (χ1) is 13.6. The Morgan fingerprint density at radius 2 is 1.93 bits per heavy atom. The number of fused-ring (bicyclic) bond motifs is 1. The van der Waals surface area contributed by atoms with Crippen molar-refractivity contribution in [1.29, 1.82) is 0 Å². The van der Waals surface area contributed by atoms with Crippen molar-refractivity contribution >= 4 is 5.91 Å². The summed E-state index contributed by atoms with van der Waals surface area (Å²) in [4.78, 5) is 13.1. The van der Waals surface area contributed by atoms with Crippen molar-refractivity contribution in [3.63, 3.8) is 0 Å². The highest BCUT2D eigenvalue weighted by Gasteiger charge is 2.27. The normalized spacial score (nSPS) is 15.2. The van der Waals surface area contributed by atoms with E-state index in [-0.39, 0.29) is 11.9 Å². The van der Waals surface area contributed by atoms with Crippen LogP contribution in [0, 0.1) is 6.92 Å². The van der Waals surface area contributed by atoms with E-state index in [4.69, 9.17) is 9.47 Å². The van der Waals surface area contributed by atoms with Gasteiger partial charge in [-0.3, -0.25) is 4.79 Å². The number of benzene rings is 2. The zero-order valence-corrected chi connectivity index (χ0v) is 16.0. The summed E-state index contributed by atoms with van der Waals surface area (Å²) in [5.74, 6) is 1.81. The van der Waals surface area contributed by atoms with E-state index in [1.54, 1.807) is 31.9 Å².